The Morgan fingerprint density at radius 1 is 0.260 bits per heavy atom. The highest BCUT2D eigenvalue weighted by atomic mass is 16.6. The maximum atomic E-state index is 12.9. The fourth-order valence-electron chi connectivity index (χ4n) is 8.76. The molecule has 1 atom stereocenters. The van der Waals surface area contributed by atoms with Crippen LogP contribution in [0.2, 0.25) is 0 Å². The van der Waals surface area contributed by atoms with E-state index in [4.69, 9.17) is 14.2 Å². The number of hydrogen-bond donors (Lipinski definition) is 0. The van der Waals surface area contributed by atoms with E-state index < -0.39 is 6.10 Å². The Kier molecular flexibility index (Phi) is 60.8. The number of allylic oxidation sites excluding steroid dienone is 20. The van der Waals surface area contributed by atoms with E-state index in [9.17, 15) is 14.4 Å². The summed E-state index contributed by atoms with van der Waals surface area (Å²) >= 11 is 0. The molecule has 438 valence electrons. The van der Waals surface area contributed by atoms with Gasteiger partial charge in [-0.25, -0.2) is 0 Å². The summed E-state index contributed by atoms with van der Waals surface area (Å²) in [7, 11) is 0. The summed E-state index contributed by atoms with van der Waals surface area (Å²) in [5.74, 6) is -0.928. The van der Waals surface area contributed by atoms with Crippen molar-refractivity contribution in [3.63, 3.8) is 0 Å². The van der Waals surface area contributed by atoms with Gasteiger partial charge in [0.1, 0.15) is 13.2 Å². The number of carbonyl (C=O) groups excluding carboxylic acids is 3. The summed E-state index contributed by atoms with van der Waals surface area (Å²) in [6.07, 6.45) is 89.3. The van der Waals surface area contributed by atoms with Gasteiger partial charge in [-0.2, -0.15) is 0 Å². The summed E-state index contributed by atoms with van der Waals surface area (Å²) in [6, 6.07) is 0. The fraction of sp³-hybridized carbons (Fsp3) is 0.676. The van der Waals surface area contributed by atoms with Crippen LogP contribution in [0.15, 0.2) is 122 Å². The highest BCUT2D eigenvalue weighted by molar-refractivity contribution is 5.71. The zero-order valence-electron chi connectivity index (χ0n) is 50.2. The summed E-state index contributed by atoms with van der Waals surface area (Å²) in [5, 5.41) is 0. The molecule has 77 heavy (non-hydrogen) atoms. The number of hydrogen-bond acceptors (Lipinski definition) is 6. The van der Waals surface area contributed by atoms with E-state index in [0.29, 0.717) is 19.3 Å². The first-order valence-electron chi connectivity index (χ1n) is 32.0. The van der Waals surface area contributed by atoms with Gasteiger partial charge in [-0.1, -0.05) is 271 Å². The van der Waals surface area contributed by atoms with Gasteiger partial charge in [0, 0.05) is 19.3 Å². The molecule has 0 saturated carbocycles. The van der Waals surface area contributed by atoms with Gasteiger partial charge < -0.3 is 14.2 Å². The summed E-state index contributed by atoms with van der Waals surface area (Å²) in [6.45, 7) is 6.28. The van der Waals surface area contributed by atoms with Crippen molar-refractivity contribution in [1.29, 1.82) is 0 Å². The Labute approximate surface area is 475 Å². The van der Waals surface area contributed by atoms with Gasteiger partial charge >= 0.3 is 17.9 Å². The van der Waals surface area contributed by atoms with Crippen LogP contribution in [0.3, 0.4) is 0 Å². The van der Waals surface area contributed by atoms with Gasteiger partial charge in [0.2, 0.25) is 0 Å². The monoisotopic (exact) mass is 1070 g/mol. The molecule has 1 unspecified atom stereocenters. The molecule has 6 nitrogen and oxygen atoms in total. The number of ether oxygens (including phenoxy) is 3. The van der Waals surface area contributed by atoms with Crippen LogP contribution in [0.5, 0.6) is 0 Å². The van der Waals surface area contributed by atoms with Crippen LogP contribution in [-0.2, 0) is 28.6 Å². The van der Waals surface area contributed by atoms with Gasteiger partial charge in [0.15, 0.2) is 6.10 Å². The lowest BCUT2D eigenvalue weighted by Crippen LogP contribution is -2.30. The third kappa shape index (κ3) is 62.5. The van der Waals surface area contributed by atoms with E-state index in [-0.39, 0.29) is 31.1 Å². The topological polar surface area (TPSA) is 78.9 Å². The Morgan fingerprint density at radius 3 is 0.740 bits per heavy atom. The minimum atomic E-state index is -0.798. The van der Waals surface area contributed by atoms with Crippen LogP contribution < -0.4 is 0 Å². The van der Waals surface area contributed by atoms with Crippen molar-refractivity contribution in [1.82, 2.24) is 0 Å². The van der Waals surface area contributed by atoms with Crippen LogP contribution in [0.1, 0.15) is 290 Å². The summed E-state index contributed by atoms with van der Waals surface area (Å²) in [4.78, 5) is 38.3. The lowest BCUT2D eigenvalue weighted by Gasteiger charge is -2.18. The van der Waals surface area contributed by atoms with Gasteiger partial charge in [-0.15, -0.1) is 0 Å². The van der Waals surface area contributed by atoms with Gasteiger partial charge in [-0.05, 0) is 122 Å². The molecule has 0 aromatic heterocycles. The second-order valence-corrected chi connectivity index (χ2v) is 20.9. The molecule has 0 aromatic rings. The largest absolute Gasteiger partial charge is 0.462 e. The van der Waals surface area contributed by atoms with Crippen LogP contribution in [0, 0.1) is 0 Å². The Balaban J connectivity index is 4.26. The molecule has 6 heteroatoms. The first kappa shape index (κ1) is 72.8. The predicted octanol–water partition coefficient (Wildman–Crippen LogP) is 22.0. The zero-order chi connectivity index (χ0) is 55.7. The standard InChI is InChI=1S/C71H118O6/c1-4-7-10-13-16-19-22-25-27-29-30-31-32-33-34-35-36-37-38-39-40-42-43-46-49-52-55-58-61-64-70(73)76-67-68(66-75-69(72)63-60-57-54-51-48-45-24-21-18-15-12-9-6-3)77-71(74)65-62-59-56-53-50-47-44-41-28-26-23-20-17-14-11-8-5-2/h7-12,16-21,25-28,30-31,45,48,68H,4-6,13-15,22-24,29,32-44,46-47,49-67H2,1-3H3/b10-7-,11-8-,12-9-,19-16-,20-17-,21-18-,27-25-,28-26-,31-30-,48-45-. The van der Waals surface area contributed by atoms with Gasteiger partial charge in [-0.3, -0.25) is 14.4 Å². The third-order valence-electron chi connectivity index (χ3n) is 13.4. The number of unbranched alkanes of at least 4 members (excludes halogenated alkanes) is 26. The van der Waals surface area contributed by atoms with E-state index in [2.05, 4.69) is 142 Å². The van der Waals surface area contributed by atoms with Crippen LogP contribution >= 0.6 is 0 Å². The molecule has 0 N–H and O–H groups in total. The van der Waals surface area contributed by atoms with E-state index >= 15 is 0 Å². The molecule has 0 amide bonds. The average molecular weight is 1070 g/mol. The highest BCUT2D eigenvalue weighted by Gasteiger charge is 2.19. The second-order valence-electron chi connectivity index (χ2n) is 20.9. The molecule has 0 spiro atoms. The Morgan fingerprint density at radius 2 is 0.468 bits per heavy atom. The van der Waals surface area contributed by atoms with E-state index in [1.165, 1.54) is 116 Å². The normalized spacial score (nSPS) is 12.9. The van der Waals surface area contributed by atoms with Gasteiger partial charge in [0.25, 0.3) is 0 Å². The third-order valence-corrected chi connectivity index (χ3v) is 13.4. The maximum absolute atomic E-state index is 12.9. The molecule has 0 aromatic carbocycles. The highest BCUT2D eigenvalue weighted by Crippen LogP contribution is 2.16. The molecule has 0 saturated heterocycles. The quantitative estimate of drug-likeness (QED) is 0.0261. The number of rotatable bonds is 57. The first-order chi connectivity index (χ1) is 38.0. The van der Waals surface area contributed by atoms with Crippen molar-refractivity contribution >= 4 is 17.9 Å². The lowest BCUT2D eigenvalue weighted by atomic mass is 10.0. The molecular weight excluding hydrogens is 949 g/mol. The first-order valence-corrected chi connectivity index (χ1v) is 32.0. The van der Waals surface area contributed by atoms with E-state index in [0.717, 1.165) is 135 Å². The molecule has 0 heterocycles. The van der Waals surface area contributed by atoms with Crippen LogP contribution in [0.25, 0.3) is 0 Å². The smallest absolute Gasteiger partial charge is 0.306 e. The average Bonchev–Trinajstić information content (AvgIpc) is 3.43. The maximum Gasteiger partial charge on any atom is 0.306 e. The van der Waals surface area contributed by atoms with Crippen molar-refractivity contribution in [2.45, 2.75) is 297 Å². The number of esters is 3. The molecule has 0 aliphatic rings. The molecular formula is C71H118O6. The van der Waals surface area contributed by atoms with Gasteiger partial charge in [0.05, 0.1) is 0 Å². The second kappa shape index (κ2) is 64.3. The van der Waals surface area contributed by atoms with Crippen molar-refractivity contribution < 1.29 is 28.6 Å². The van der Waals surface area contributed by atoms with Crippen molar-refractivity contribution in [2.24, 2.45) is 0 Å². The van der Waals surface area contributed by atoms with Crippen molar-refractivity contribution in [2.75, 3.05) is 13.2 Å². The van der Waals surface area contributed by atoms with Crippen LogP contribution in [0.4, 0.5) is 0 Å². The SMILES string of the molecule is CC/C=C\C/C=C\C/C=C\C/C=C\CCCCCCCCCCCCCCCCCCC(=O)OCC(COC(=O)CCCCC/C=C\C/C=C\C/C=C\CC)OC(=O)CCCCCCCCC/C=C\C/C=C\C/C=C\CC. The molecule has 0 bridgehead atoms. The van der Waals surface area contributed by atoms with Crippen molar-refractivity contribution in [3.8, 4) is 0 Å². The van der Waals surface area contributed by atoms with E-state index in [1.807, 2.05) is 0 Å². The van der Waals surface area contributed by atoms with E-state index in [1.54, 1.807) is 0 Å². The predicted molar refractivity (Wildman–Crippen MR) is 334 cm³/mol. The molecule has 0 fully saturated rings. The summed E-state index contributed by atoms with van der Waals surface area (Å²) < 4.78 is 16.9. The minimum absolute atomic E-state index is 0.0922. The summed E-state index contributed by atoms with van der Waals surface area (Å²) in [5.41, 5.74) is 0. The molecule has 0 radical (unpaired) electrons. The molecule has 0 aliphatic heterocycles. The minimum Gasteiger partial charge on any atom is -0.462 e. The Bertz CT molecular complexity index is 1600. The van der Waals surface area contributed by atoms with Crippen molar-refractivity contribution in [3.05, 3.63) is 122 Å². The van der Waals surface area contributed by atoms with Crippen LogP contribution in [-0.4, -0.2) is 37.2 Å². The fourth-order valence-corrected chi connectivity index (χ4v) is 8.76. The molecule has 0 rings (SSSR count). The molecule has 0 aliphatic carbocycles. The Hall–Kier alpha value is -4.19. The number of carbonyl (C=O) groups is 3. The zero-order valence-corrected chi connectivity index (χ0v) is 50.2. The lowest BCUT2D eigenvalue weighted by molar-refractivity contribution is -0.167.